The average molecular weight is 306 g/mol. The summed E-state index contributed by atoms with van der Waals surface area (Å²) in [6.07, 6.45) is -0.0290. The average Bonchev–Trinajstić information content (AvgIpc) is 2.46. The Balaban J connectivity index is 1.92. The summed E-state index contributed by atoms with van der Waals surface area (Å²) in [4.78, 5) is 14.3. The normalized spacial score (nSPS) is 31.2. The summed E-state index contributed by atoms with van der Waals surface area (Å²) in [7, 11) is 0. The molecule has 0 radical (unpaired) electrons. The number of carbonyl (C=O) groups excluding carboxylic acids is 1. The second-order valence-corrected chi connectivity index (χ2v) is 6.47. The molecular formula is C15H25F3N2O. The van der Waals surface area contributed by atoms with Gasteiger partial charge in [-0.25, -0.2) is 0 Å². The number of amides is 1. The molecule has 1 aliphatic carbocycles. The van der Waals surface area contributed by atoms with Crippen LogP contribution in [0.25, 0.3) is 0 Å². The van der Waals surface area contributed by atoms with Crippen LogP contribution in [-0.2, 0) is 4.79 Å². The van der Waals surface area contributed by atoms with Gasteiger partial charge < -0.3 is 10.6 Å². The highest BCUT2D eigenvalue weighted by Gasteiger charge is 2.44. The highest BCUT2D eigenvalue weighted by atomic mass is 19.4. The first-order valence-electron chi connectivity index (χ1n) is 7.97. The Morgan fingerprint density at radius 1 is 1.19 bits per heavy atom. The van der Waals surface area contributed by atoms with E-state index in [0.717, 1.165) is 19.3 Å². The number of likely N-dealkylation sites (tertiary alicyclic amines) is 1. The van der Waals surface area contributed by atoms with E-state index in [1.54, 1.807) is 4.90 Å². The van der Waals surface area contributed by atoms with Crippen molar-refractivity contribution in [2.45, 2.75) is 51.1 Å². The second kappa shape index (κ2) is 6.99. The zero-order valence-corrected chi connectivity index (χ0v) is 12.4. The maximum atomic E-state index is 12.8. The van der Waals surface area contributed by atoms with Crippen LogP contribution in [0.2, 0.25) is 0 Å². The summed E-state index contributed by atoms with van der Waals surface area (Å²) in [6, 6.07) is 0. The zero-order valence-electron chi connectivity index (χ0n) is 12.4. The van der Waals surface area contributed by atoms with Gasteiger partial charge in [0.05, 0.1) is 5.92 Å². The number of alkyl halides is 3. The van der Waals surface area contributed by atoms with Crippen LogP contribution in [0.1, 0.15) is 44.9 Å². The third-order valence-electron chi connectivity index (χ3n) is 4.89. The lowest BCUT2D eigenvalue weighted by molar-refractivity contribution is -0.187. The fourth-order valence-electron chi connectivity index (χ4n) is 3.71. The van der Waals surface area contributed by atoms with Crippen molar-refractivity contribution in [1.29, 1.82) is 0 Å². The molecule has 3 nitrogen and oxygen atoms in total. The van der Waals surface area contributed by atoms with Gasteiger partial charge in [-0.15, -0.1) is 0 Å². The topological polar surface area (TPSA) is 46.3 Å². The number of hydrogen-bond acceptors (Lipinski definition) is 2. The quantitative estimate of drug-likeness (QED) is 0.871. The third kappa shape index (κ3) is 4.34. The molecule has 2 aliphatic rings. The minimum atomic E-state index is -4.16. The molecule has 0 spiro atoms. The van der Waals surface area contributed by atoms with E-state index in [2.05, 4.69) is 0 Å². The molecule has 3 unspecified atom stereocenters. The van der Waals surface area contributed by atoms with Crippen LogP contribution in [0, 0.1) is 17.8 Å². The molecule has 0 bridgehead atoms. The lowest BCUT2D eigenvalue weighted by atomic mass is 9.80. The van der Waals surface area contributed by atoms with Gasteiger partial charge in [0.1, 0.15) is 0 Å². The predicted molar refractivity (Wildman–Crippen MR) is 74.5 cm³/mol. The second-order valence-electron chi connectivity index (χ2n) is 6.47. The van der Waals surface area contributed by atoms with Gasteiger partial charge in [-0.1, -0.05) is 6.42 Å². The fourth-order valence-corrected chi connectivity index (χ4v) is 3.71. The molecule has 0 aromatic heterocycles. The molecule has 122 valence electrons. The van der Waals surface area contributed by atoms with E-state index in [-0.39, 0.29) is 18.7 Å². The zero-order chi connectivity index (χ0) is 15.5. The molecule has 21 heavy (non-hydrogen) atoms. The summed E-state index contributed by atoms with van der Waals surface area (Å²) in [6.45, 7) is 1.96. The highest BCUT2D eigenvalue weighted by Crippen LogP contribution is 2.40. The first kappa shape index (κ1) is 16.6. The van der Waals surface area contributed by atoms with Crippen molar-refractivity contribution >= 4 is 5.91 Å². The van der Waals surface area contributed by atoms with E-state index in [4.69, 9.17) is 5.73 Å². The van der Waals surface area contributed by atoms with Crippen molar-refractivity contribution in [3.8, 4) is 0 Å². The van der Waals surface area contributed by atoms with Crippen LogP contribution in [0.15, 0.2) is 0 Å². The van der Waals surface area contributed by atoms with Gasteiger partial charge in [-0.2, -0.15) is 13.2 Å². The number of piperidine rings is 1. The number of halogens is 3. The maximum absolute atomic E-state index is 12.8. The van der Waals surface area contributed by atoms with Crippen molar-refractivity contribution in [3.05, 3.63) is 0 Å². The Labute approximate surface area is 124 Å². The van der Waals surface area contributed by atoms with Gasteiger partial charge in [-0.3, -0.25) is 4.79 Å². The molecule has 2 rings (SSSR count). The smallest absolute Gasteiger partial charge is 0.342 e. The van der Waals surface area contributed by atoms with Gasteiger partial charge in [0, 0.05) is 19.0 Å². The largest absolute Gasteiger partial charge is 0.391 e. The molecule has 2 fully saturated rings. The van der Waals surface area contributed by atoms with Gasteiger partial charge in [0.15, 0.2) is 0 Å². The van der Waals surface area contributed by atoms with Crippen LogP contribution in [0.4, 0.5) is 13.2 Å². The van der Waals surface area contributed by atoms with Crippen LogP contribution in [-0.4, -0.2) is 36.6 Å². The van der Waals surface area contributed by atoms with Crippen molar-refractivity contribution in [1.82, 2.24) is 4.90 Å². The first-order chi connectivity index (χ1) is 9.91. The standard InChI is InChI=1S/C15H25F3N2O/c16-15(17,18)13-5-1-4-12(9-13)14(21)20-8-2-3-11(10-20)6-7-19/h11-13H,1-10,19H2. The van der Waals surface area contributed by atoms with Gasteiger partial charge in [0.2, 0.25) is 5.91 Å². The molecule has 3 atom stereocenters. The molecule has 0 aromatic carbocycles. The summed E-state index contributed by atoms with van der Waals surface area (Å²) in [5, 5.41) is 0. The minimum absolute atomic E-state index is 0.0274. The lowest BCUT2D eigenvalue weighted by Crippen LogP contribution is -2.45. The summed E-state index contributed by atoms with van der Waals surface area (Å²) < 4.78 is 38.5. The molecular weight excluding hydrogens is 281 g/mol. The SMILES string of the molecule is NCCC1CCCN(C(=O)C2CCCC(C(F)(F)F)C2)C1. The molecule has 1 saturated carbocycles. The van der Waals surface area contributed by atoms with Gasteiger partial charge in [0.25, 0.3) is 0 Å². The van der Waals surface area contributed by atoms with Gasteiger partial charge >= 0.3 is 6.18 Å². The van der Waals surface area contributed by atoms with Crippen LogP contribution >= 0.6 is 0 Å². The van der Waals surface area contributed by atoms with E-state index < -0.39 is 18.0 Å². The number of carbonyl (C=O) groups is 1. The molecule has 1 saturated heterocycles. The van der Waals surface area contributed by atoms with Crippen LogP contribution in [0.5, 0.6) is 0 Å². The maximum Gasteiger partial charge on any atom is 0.391 e. The summed E-state index contributed by atoms with van der Waals surface area (Å²) in [5.41, 5.74) is 5.56. The molecule has 2 N–H and O–H groups in total. The Bertz CT molecular complexity index is 357. The van der Waals surface area contributed by atoms with E-state index in [9.17, 15) is 18.0 Å². The molecule has 1 amide bonds. The number of rotatable bonds is 3. The van der Waals surface area contributed by atoms with Gasteiger partial charge in [-0.05, 0) is 51.0 Å². The summed E-state index contributed by atoms with van der Waals surface area (Å²) >= 11 is 0. The summed E-state index contributed by atoms with van der Waals surface area (Å²) in [5.74, 6) is -1.40. The number of hydrogen-bond donors (Lipinski definition) is 1. The Morgan fingerprint density at radius 3 is 2.62 bits per heavy atom. The molecule has 6 heteroatoms. The Morgan fingerprint density at radius 2 is 1.95 bits per heavy atom. The third-order valence-corrected chi connectivity index (χ3v) is 4.89. The monoisotopic (exact) mass is 306 g/mol. The van der Waals surface area contributed by atoms with Crippen LogP contribution in [0.3, 0.4) is 0 Å². The van der Waals surface area contributed by atoms with E-state index in [1.807, 2.05) is 0 Å². The van der Waals surface area contributed by atoms with Crippen molar-refractivity contribution in [2.24, 2.45) is 23.5 Å². The minimum Gasteiger partial charge on any atom is -0.342 e. The van der Waals surface area contributed by atoms with E-state index in [0.29, 0.717) is 38.4 Å². The Kier molecular flexibility index (Phi) is 5.52. The molecule has 0 aromatic rings. The van der Waals surface area contributed by atoms with Crippen molar-refractivity contribution in [3.63, 3.8) is 0 Å². The van der Waals surface area contributed by atoms with Crippen LogP contribution < -0.4 is 5.73 Å². The molecule has 1 aliphatic heterocycles. The molecule has 1 heterocycles. The predicted octanol–water partition coefficient (Wildman–Crippen LogP) is 2.94. The van der Waals surface area contributed by atoms with E-state index in [1.165, 1.54) is 0 Å². The number of nitrogens with zero attached hydrogens (tertiary/aromatic N) is 1. The fraction of sp³-hybridized carbons (Fsp3) is 0.933. The lowest BCUT2D eigenvalue weighted by Gasteiger charge is -2.37. The Hall–Kier alpha value is -0.780. The number of nitrogens with two attached hydrogens (primary N) is 1. The first-order valence-corrected chi connectivity index (χ1v) is 7.97. The van der Waals surface area contributed by atoms with Crippen molar-refractivity contribution < 1.29 is 18.0 Å². The van der Waals surface area contributed by atoms with Crippen molar-refractivity contribution in [2.75, 3.05) is 19.6 Å². The van der Waals surface area contributed by atoms with E-state index >= 15 is 0 Å². The highest BCUT2D eigenvalue weighted by molar-refractivity contribution is 5.79.